The summed E-state index contributed by atoms with van der Waals surface area (Å²) in [5, 5.41) is 4.15. The Hall–Kier alpha value is -0.440. The molecule has 0 radical (unpaired) electrons. The van der Waals surface area contributed by atoms with Gasteiger partial charge in [0.05, 0.1) is 5.69 Å². The van der Waals surface area contributed by atoms with Gasteiger partial charge < -0.3 is 0 Å². The maximum absolute atomic E-state index is 4.15. The minimum absolute atomic E-state index is 0.761. The van der Waals surface area contributed by atoms with E-state index in [2.05, 4.69) is 17.7 Å². The normalized spacial score (nSPS) is 10.1. The number of thiol groups is 1. The summed E-state index contributed by atoms with van der Waals surface area (Å²) < 4.78 is 1.85. The molecule has 0 aliphatic heterocycles. The maximum Gasteiger partial charge on any atom is 0.0596 e. The van der Waals surface area contributed by atoms with Gasteiger partial charge in [0, 0.05) is 18.5 Å². The standard InChI is InChI=1S/C6H10N2S/c1-5-3-6(4-9)8(2)7-5/h3,9H,4H2,1-2H3. The average molecular weight is 142 g/mol. The van der Waals surface area contributed by atoms with Gasteiger partial charge in [0.25, 0.3) is 0 Å². The topological polar surface area (TPSA) is 17.8 Å². The van der Waals surface area contributed by atoms with Crippen LogP contribution in [0.3, 0.4) is 0 Å². The van der Waals surface area contributed by atoms with Gasteiger partial charge in [-0.2, -0.15) is 17.7 Å². The van der Waals surface area contributed by atoms with Gasteiger partial charge >= 0.3 is 0 Å². The second-order valence-electron chi connectivity index (χ2n) is 2.06. The molecule has 0 fully saturated rings. The van der Waals surface area contributed by atoms with E-state index in [0.29, 0.717) is 0 Å². The number of hydrogen-bond donors (Lipinski definition) is 1. The Morgan fingerprint density at radius 2 is 2.44 bits per heavy atom. The van der Waals surface area contributed by atoms with Crippen molar-refractivity contribution in [1.29, 1.82) is 0 Å². The van der Waals surface area contributed by atoms with Crippen LogP contribution in [-0.2, 0) is 12.8 Å². The monoisotopic (exact) mass is 142 g/mol. The molecule has 0 N–H and O–H groups in total. The molecule has 1 rings (SSSR count). The van der Waals surface area contributed by atoms with E-state index >= 15 is 0 Å². The van der Waals surface area contributed by atoms with Crippen LogP contribution >= 0.6 is 12.6 Å². The molecule has 0 spiro atoms. The van der Waals surface area contributed by atoms with Crippen LogP contribution in [0.1, 0.15) is 11.4 Å². The van der Waals surface area contributed by atoms with Crippen molar-refractivity contribution >= 4 is 12.6 Å². The smallest absolute Gasteiger partial charge is 0.0596 e. The van der Waals surface area contributed by atoms with E-state index in [1.54, 1.807) is 0 Å². The largest absolute Gasteiger partial charge is 0.272 e. The molecular formula is C6H10N2S. The second kappa shape index (κ2) is 2.43. The number of aryl methyl sites for hydroxylation is 2. The van der Waals surface area contributed by atoms with E-state index in [1.807, 2.05) is 24.7 Å². The summed E-state index contributed by atoms with van der Waals surface area (Å²) in [4.78, 5) is 0. The molecule has 0 atom stereocenters. The molecule has 2 nitrogen and oxygen atoms in total. The van der Waals surface area contributed by atoms with Crippen molar-refractivity contribution in [3.63, 3.8) is 0 Å². The number of rotatable bonds is 1. The molecule has 0 aliphatic carbocycles. The van der Waals surface area contributed by atoms with Crippen molar-refractivity contribution in [3.8, 4) is 0 Å². The Labute approximate surface area is 60.3 Å². The Morgan fingerprint density at radius 1 is 1.78 bits per heavy atom. The summed E-state index contributed by atoms with van der Waals surface area (Å²) in [5.74, 6) is 0.761. The van der Waals surface area contributed by atoms with Gasteiger partial charge in [-0.3, -0.25) is 4.68 Å². The molecule has 0 aliphatic rings. The first kappa shape index (κ1) is 6.68. The zero-order valence-corrected chi connectivity index (χ0v) is 6.52. The molecule has 0 aromatic carbocycles. The second-order valence-corrected chi connectivity index (χ2v) is 2.38. The van der Waals surface area contributed by atoms with Crippen LogP contribution in [0.2, 0.25) is 0 Å². The highest BCUT2D eigenvalue weighted by Gasteiger charge is 1.96. The fraction of sp³-hybridized carbons (Fsp3) is 0.500. The lowest BCUT2D eigenvalue weighted by Crippen LogP contribution is -1.94. The SMILES string of the molecule is Cc1cc(CS)n(C)n1. The molecule has 3 heteroatoms. The fourth-order valence-electron chi connectivity index (χ4n) is 0.812. The third-order valence-electron chi connectivity index (χ3n) is 1.26. The molecule has 0 amide bonds. The lowest BCUT2D eigenvalue weighted by Gasteiger charge is -1.92. The van der Waals surface area contributed by atoms with Gasteiger partial charge in [-0.15, -0.1) is 0 Å². The molecule has 0 bridgehead atoms. The van der Waals surface area contributed by atoms with E-state index < -0.39 is 0 Å². The zero-order chi connectivity index (χ0) is 6.85. The van der Waals surface area contributed by atoms with Crippen molar-refractivity contribution in [2.24, 2.45) is 7.05 Å². The molecule has 50 valence electrons. The predicted octanol–water partition coefficient (Wildman–Crippen LogP) is 1.16. The van der Waals surface area contributed by atoms with E-state index in [4.69, 9.17) is 0 Å². The van der Waals surface area contributed by atoms with Gasteiger partial charge in [-0.25, -0.2) is 0 Å². The van der Waals surface area contributed by atoms with Crippen LogP contribution in [0.25, 0.3) is 0 Å². The van der Waals surface area contributed by atoms with Gasteiger partial charge in [0.1, 0.15) is 0 Å². The van der Waals surface area contributed by atoms with Gasteiger partial charge in [-0.05, 0) is 13.0 Å². The molecule has 1 aromatic rings. The van der Waals surface area contributed by atoms with Crippen molar-refractivity contribution in [2.45, 2.75) is 12.7 Å². The molecule has 1 heterocycles. The summed E-state index contributed by atoms with van der Waals surface area (Å²) in [5.41, 5.74) is 2.22. The summed E-state index contributed by atoms with van der Waals surface area (Å²) in [6.07, 6.45) is 0. The molecule has 9 heavy (non-hydrogen) atoms. The van der Waals surface area contributed by atoms with Crippen LogP contribution in [0, 0.1) is 6.92 Å². The van der Waals surface area contributed by atoms with E-state index in [9.17, 15) is 0 Å². The number of aromatic nitrogens is 2. The Bertz CT molecular complexity index is 205. The van der Waals surface area contributed by atoms with Crippen molar-refractivity contribution in [3.05, 3.63) is 17.5 Å². The summed E-state index contributed by atoms with van der Waals surface area (Å²) in [6.45, 7) is 1.98. The Kier molecular flexibility index (Phi) is 1.81. The highest BCUT2D eigenvalue weighted by molar-refractivity contribution is 7.79. The van der Waals surface area contributed by atoms with Crippen molar-refractivity contribution < 1.29 is 0 Å². The average Bonchev–Trinajstić information content (AvgIpc) is 2.10. The van der Waals surface area contributed by atoms with Crippen LogP contribution in [0.5, 0.6) is 0 Å². The first-order valence-corrected chi connectivity index (χ1v) is 3.47. The first-order valence-electron chi connectivity index (χ1n) is 2.84. The molecular weight excluding hydrogens is 132 g/mol. The maximum atomic E-state index is 4.15. The third-order valence-corrected chi connectivity index (χ3v) is 1.58. The predicted molar refractivity (Wildman–Crippen MR) is 40.6 cm³/mol. The van der Waals surface area contributed by atoms with Crippen LogP contribution in [0.4, 0.5) is 0 Å². The van der Waals surface area contributed by atoms with Gasteiger partial charge in [0.2, 0.25) is 0 Å². The zero-order valence-electron chi connectivity index (χ0n) is 5.63. The summed E-state index contributed by atoms with van der Waals surface area (Å²) in [7, 11) is 1.93. The Morgan fingerprint density at radius 3 is 2.67 bits per heavy atom. The first-order chi connectivity index (χ1) is 4.24. The lowest BCUT2D eigenvalue weighted by molar-refractivity contribution is 0.728. The molecule has 1 aromatic heterocycles. The highest BCUT2D eigenvalue weighted by Crippen LogP contribution is 2.03. The van der Waals surface area contributed by atoms with Crippen molar-refractivity contribution in [1.82, 2.24) is 9.78 Å². The van der Waals surface area contributed by atoms with E-state index in [0.717, 1.165) is 17.1 Å². The van der Waals surface area contributed by atoms with Gasteiger partial charge in [0.15, 0.2) is 0 Å². The van der Waals surface area contributed by atoms with Gasteiger partial charge in [-0.1, -0.05) is 0 Å². The van der Waals surface area contributed by atoms with Crippen LogP contribution < -0.4 is 0 Å². The molecule has 0 saturated carbocycles. The van der Waals surface area contributed by atoms with Crippen molar-refractivity contribution in [2.75, 3.05) is 0 Å². The number of nitrogens with zero attached hydrogens (tertiary/aromatic N) is 2. The van der Waals surface area contributed by atoms with Crippen LogP contribution in [0.15, 0.2) is 6.07 Å². The van der Waals surface area contributed by atoms with Crippen LogP contribution in [-0.4, -0.2) is 9.78 Å². The number of hydrogen-bond acceptors (Lipinski definition) is 2. The minimum Gasteiger partial charge on any atom is -0.272 e. The molecule has 0 saturated heterocycles. The Balaban J connectivity index is 3.01. The molecule has 0 unspecified atom stereocenters. The highest BCUT2D eigenvalue weighted by atomic mass is 32.1. The summed E-state index contributed by atoms with van der Waals surface area (Å²) >= 11 is 4.13. The third kappa shape index (κ3) is 1.27. The quantitative estimate of drug-likeness (QED) is 0.582. The van der Waals surface area contributed by atoms with E-state index in [-0.39, 0.29) is 0 Å². The lowest BCUT2D eigenvalue weighted by atomic mass is 10.4. The summed E-state index contributed by atoms with van der Waals surface area (Å²) in [6, 6.07) is 2.03. The minimum atomic E-state index is 0.761. The van der Waals surface area contributed by atoms with E-state index in [1.165, 1.54) is 0 Å². The fourth-order valence-corrected chi connectivity index (χ4v) is 1.11.